The topological polar surface area (TPSA) is 64.4 Å². The zero-order chi connectivity index (χ0) is 19.0. The second-order valence-corrected chi connectivity index (χ2v) is 7.76. The Morgan fingerprint density at radius 2 is 1.93 bits per heavy atom. The smallest absolute Gasteiger partial charge is 0.313 e. The van der Waals surface area contributed by atoms with Gasteiger partial charge in [0.1, 0.15) is 0 Å². The van der Waals surface area contributed by atoms with Crippen LogP contribution in [0, 0.1) is 10.1 Å². The number of benzene rings is 2. The molecule has 7 heteroatoms. The van der Waals surface area contributed by atoms with E-state index in [2.05, 4.69) is 5.32 Å². The number of nitrogens with one attached hydrogen (secondary N) is 1. The quantitative estimate of drug-likeness (QED) is 0.521. The lowest BCUT2D eigenvalue weighted by atomic mass is 9.83. The van der Waals surface area contributed by atoms with Crippen molar-refractivity contribution in [2.24, 2.45) is 0 Å². The zero-order valence-corrected chi connectivity index (χ0v) is 16.0. The number of hydrogen-bond donors (Lipinski definition) is 1. The van der Waals surface area contributed by atoms with Gasteiger partial charge in [-0.1, -0.05) is 35.3 Å². The maximum Gasteiger partial charge on any atom is 0.313 e. The molecule has 27 heavy (non-hydrogen) atoms. The van der Waals surface area contributed by atoms with Crippen LogP contribution in [0.5, 0.6) is 5.75 Å². The first kappa shape index (κ1) is 18.3. The number of rotatable bonds is 4. The molecule has 0 saturated heterocycles. The summed E-state index contributed by atoms with van der Waals surface area (Å²) in [7, 11) is 0. The van der Waals surface area contributed by atoms with E-state index < -0.39 is 10.6 Å². The standard InChI is InChI=1S/C20H18Cl2N2O3/c21-16-6-4-13(5-7-16)12-23-20-8-2-1-3-15(20)9-14-10-17(22)11-18(24(25)26)19(14)27-20/h4-7,9-11,23H,1-3,8,12H2. The summed E-state index contributed by atoms with van der Waals surface area (Å²) in [5, 5.41) is 16.0. The Bertz CT molecular complexity index is 928. The van der Waals surface area contributed by atoms with Gasteiger partial charge in [-0.15, -0.1) is 0 Å². The van der Waals surface area contributed by atoms with Crippen molar-refractivity contribution in [2.75, 3.05) is 0 Å². The maximum atomic E-state index is 11.5. The number of nitrogens with zero attached hydrogens (tertiary/aromatic N) is 1. The van der Waals surface area contributed by atoms with Crippen LogP contribution in [0.15, 0.2) is 42.0 Å². The molecular formula is C20H18Cl2N2O3. The van der Waals surface area contributed by atoms with E-state index in [9.17, 15) is 10.1 Å². The highest BCUT2D eigenvalue weighted by Crippen LogP contribution is 2.47. The summed E-state index contributed by atoms with van der Waals surface area (Å²) in [5.74, 6) is 0.277. The van der Waals surface area contributed by atoms with E-state index in [0.29, 0.717) is 22.2 Å². The van der Waals surface area contributed by atoms with E-state index in [1.54, 1.807) is 6.07 Å². The Hall–Kier alpha value is -2.08. The first-order valence-corrected chi connectivity index (χ1v) is 9.60. The third-order valence-electron chi connectivity index (χ3n) is 5.10. The van der Waals surface area contributed by atoms with Crippen molar-refractivity contribution in [1.29, 1.82) is 0 Å². The number of ether oxygens (including phenoxy) is 1. The first-order chi connectivity index (χ1) is 13.0. The van der Waals surface area contributed by atoms with Crippen LogP contribution >= 0.6 is 23.2 Å². The largest absolute Gasteiger partial charge is 0.461 e. The van der Waals surface area contributed by atoms with Gasteiger partial charge in [-0.2, -0.15) is 0 Å². The highest BCUT2D eigenvalue weighted by molar-refractivity contribution is 6.31. The molecule has 0 bridgehead atoms. The summed E-state index contributed by atoms with van der Waals surface area (Å²) < 4.78 is 6.31. The third-order valence-corrected chi connectivity index (χ3v) is 5.57. The molecule has 0 spiro atoms. The minimum Gasteiger partial charge on any atom is -0.461 e. The van der Waals surface area contributed by atoms with Crippen molar-refractivity contribution >= 4 is 35.0 Å². The molecule has 4 rings (SSSR count). The molecule has 1 aliphatic heterocycles. The van der Waals surface area contributed by atoms with Gasteiger partial charge >= 0.3 is 5.69 Å². The van der Waals surface area contributed by atoms with Crippen LogP contribution in [-0.2, 0) is 6.54 Å². The molecule has 2 aliphatic rings. The normalized spacial score (nSPS) is 20.9. The summed E-state index contributed by atoms with van der Waals surface area (Å²) in [4.78, 5) is 11.1. The molecule has 1 unspecified atom stereocenters. The monoisotopic (exact) mass is 404 g/mol. The van der Waals surface area contributed by atoms with Crippen LogP contribution in [0.1, 0.15) is 36.8 Å². The van der Waals surface area contributed by atoms with E-state index in [1.807, 2.05) is 30.3 Å². The van der Waals surface area contributed by atoms with Gasteiger partial charge in [-0.05, 0) is 54.7 Å². The average molecular weight is 405 g/mol. The van der Waals surface area contributed by atoms with E-state index >= 15 is 0 Å². The van der Waals surface area contributed by atoms with E-state index in [-0.39, 0.29) is 11.4 Å². The Kier molecular flexibility index (Phi) is 4.84. The molecule has 1 heterocycles. The van der Waals surface area contributed by atoms with Gasteiger partial charge in [0, 0.05) is 34.6 Å². The van der Waals surface area contributed by atoms with Crippen LogP contribution in [-0.4, -0.2) is 10.6 Å². The van der Waals surface area contributed by atoms with Gasteiger partial charge in [0.25, 0.3) is 0 Å². The number of fused-ring (bicyclic) bond motifs is 2. The number of nitro benzene ring substituents is 1. The molecule has 5 nitrogen and oxygen atoms in total. The number of nitro groups is 1. The minimum absolute atomic E-state index is 0.106. The number of halogens is 2. The van der Waals surface area contributed by atoms with Crippen molar-refractivity contribution in [3.63, 3.8) is 0 Å². The first-order valence-electron chi connectivity index (χ1n) is 8.84. The molecular weight excluding hydrogens is 387 g/mol. The summed E-state index contributed by atoms with van der Waals surface area (Å²) >= 11 is 12.0. The predicted molar refractivity (Wildman–Crippen MR) is 106 cm³/mol. The van der Waals surface area contributed by atoms with E-state index in [4.69, 9.17) is 27.9 Å². The van der Waals surface area contributed by atoms with Crippen LogP contribution in [0.25, 0.3) is 6.08 Å². The summed E-state index contributed by atoms with van der Waals surface area (Å²) in [6, 6.07) is 10.7. The van der Waals surface area contributed by atoms with Crippen LogP contribution < -0.4 is 10.1 Å². The minimum atomic E-state index is -0.733. The lowest BCUT2D eigenvalue weighted by Gasteiger charge is -2.43. The van der Waals surface area contributed by atoms with E-state index in [1.165, 1.54) is 6.07 Å². The third kappa shape index (κ3) is 3.55. The van der Waals surface area contributed by atoms with Gasteiger partial charge in [0.15, 0.2) is 5.72 Å². The average Bonchev–Trinajstić information content (AvgIpc) is 2.65. The molecule has 0 amide bonds. The van der Waals surface area contributed by atoms with Crippen molar-refractivity contribution < 1.29 is 9.66 Å². The van der Waals surface area contributed by atoms with Gasteiger partial charge in [-0.25, -0.2) is 0 Å². The van der Waals surface area contributed by atoms with Crippen LogP contribution in [0.4, 0.5) is 5.69 Å². The van der Waals surface area contributed by atoms with Crippen molar-refractivity contribution in [2.45, 2.75) is 38.0 Å². The molecule has 140 valence electrons. The van der Waals surface area contributed by atoms with Gasteiger partial charge in [0.05, 0.1) is 4.92 Å². The van der Waals surface area contributed by atoms with E-state index in [0.717, 1.165) is 36.8 Å². The molecule has 1 atom stereocenters. The van der Waals surface area contributed by atoms with Crippen molar-refractivity contribution in [1.82, 2.24) is 5.32 Å². The number of hydrogen-bond acceptors (Lipinski definition) is 4. The van der Waals surface area contributed by atoms with Gasteiger partial charge < -0.3 is 4.74 Å². The SMILES string of the molecule is O=[N+]([O-])c1cc(Cl)cc2c1OC1(NCc3ccc(Cl)cc3)CCCCC1=C2. The zero-order valence-electron chi connectivity index (χ0n) is 14.5. The molecule has 1 N–H and O–H groups in total. The Morgan fingerprint density at radius 1 is 1.15 bits per heavy atom. The van der Waals surface area contributed by atoms with Crippen molar-refractivity contribution in [3.05, 3.63) is 73.3 Å². The lowest BCUT2D eigenvalue weighted by Crippen LogP contribution is -2.54. The Balaban J connectivity index is 1.70. The summed E-state index contributed by atoms with van der Waals surface area (Å²) in [6.45, 7) is 0.575. The molecule has 1 saturated carbocycles. The molecule has 2 aromatic carbocycles. The van der Waals surface area contributed by atoms with Crippen LogP contribution in [0.2, 0.25) is 10.0 Å². The maximum absolute atomic E-state index is 11.5. The van der Waals surface area contributed by atoms with Crippen LogP contribution in [0.3, 0.4) is 0 Å². The van der Waals surface area contributed by atoms with Gasteiger partial charge in [-0.3, -0.25) is 15.4 Å². The fraction of sp³-hybridized carbons (Fsp3) is 0.300. The van der Waals surface area contributed by atoms with Gasteiger partial charge in [0.2, 0.25) is 5.75 Å². The lowest BCUT2D eigenvalue weighted by molar-refractivity contribution is -0.386. The molecule has 1 aliphatic carbocycles. The summed E-state index contributed by atoms with van der Waals surface area (Å²) in [5.41, 5.74) is 2.00. The molecule has 1 fully saturated rings. The molecule has 0 radical (unpaired) electrons. The fourth-order valence-electron chi connectivity index (χ4n) is 3.76. The Morgan fingerprint density at radius 3 is 2.67 bits per heavy atom. The Labute approximate surface area is 167 Å². The highest BCUT2D eigenvalue weighted by Gasteiger charge is 2.43. The fourth-order valence-corrected chi connectivity index (χ4v) is 4.10. The second-order valence-electron chi connectivity index (χ2n) is 6.89. The summed E-state index contributed by atoms with van der Waals surface area (Å²) in [6.07, 6.45) is 5.68. The highest BCUT2D eigenvalue weighted by atomic mass is 35.5. The predicted octanol–water partition coefficient (Wildman–Crippen LogP) is 5.74. The second kappa shape index (κ2) is 7.15. The van der Waals surface area contributed by atoms with Crippen molar-refractivity contribution in [3.8, 4) is 5.75 Å². The molecule has 0 aromatic heterocycles. The molecule has 2 aromatic rings.